The average molecular weight is 561 g/mol. The molecule has 2 aromatic rings. The zero-order valence-electron chi connectivity index (χ0n) is 19.8. The monoisotopic (exact) mass is 561 g/mol. The lowest BCUT2D eigenvalue weighted by Crippen LogP contribution is -2.22. The van der Waals surface area contributed by atoms with Gasteiger partial charge >= 0.3 is 24.7 Å². The van der Waals surface area contributed by atoms with Gasteiger partial charge in [0.2, 0.25) is 0 Å². The predicted molar refractivity (Wildman–Crippen MR) is 115 cm³/mol. The molecule has 0 bridgehead atoms. The Bertz CT molecular complexity index is 1190. The van der Waals surface area contributed by atoms with Gasteiger partial charge in [-0.2, -0.15) is 52.7 Å². The third-order valence-corrected chi connectivity index (χ3v) is 6.12. The van der Waals surface area contributed by atoms with E-state index in [1.54, 1.807) is 0 Å². The Labute approximate surface area is 209 Å². The van der Waals surface area contributed by atoms with Crippen LogP contribution in [-0.2, 0) is 24.7 Å². The maximum atomic E-state index is 13.4. The Kier molecular flexibility index (Phi) is 7.41. The van der Waals surface area contributed by atoms with Crippen LogP contribution >= 0.6 is 0 Å². The van der Waals surface area contributed by atoms with Crippen LogP contribution in [0.25, 0.3) is 5.57 Å². The highest BCUT2D eigenvalue weighted by Crippen LogP contribution is 2.46. The largest absolute Gasteiger partial charge is 0.416 e. The Morgan fingerprint density at radius 3 is 1.29 bits per heavy atom. The molecule has 0 saturated carbocycles. The van der Waals surface area contributed by atoms with Gasteiger partial charge in [0.15, 0.2) is 0 Å². The SMILES string of the molecule is CC1C(c2cc(C(F)(F)F)cc(C(F)(F)F)c2)=CC(N(C)C)=CC1c1cc(C(F)(F)F)cc(C(F)(F)F)c1. The first-order chi connectivity index (χ1) is 17.1. The minimum atomic E-state index is -5.16. The summed E-state index contributed by atoms with van der Waals surface area (Å²) >= 11 is 0. The zero-order valence-corrected chi connectivity index (χ0v) is 19.8. The van der Waals surface area contributed by atoms with Gasteiger partial charge in [-0.1, -0.05) is 13.0 Å². The van der Waals surface area contributed by atoms with Crippen molar-refractivity contribution in [2.75, 3.05) is 14.1 Å². The minimum absolute atomic E-state index is 0.0628. The minimum Gasteiger partial charge on any atom is -0.378 e. The standard InChI is InChI=1S/C25H19F12N/c1-12-20(13-4-15(22(26,27)28)8-16(5-13)23(29,30)31)10-19(38(2)3)11-21(12)14-6-17(24(32,33)34)9-18(7-14)25(35,36)37/h4-12,20H,1-3H3. The molecule has 0 N–H and O–H groups in total. The summed E-state index contributed by atoms with van der Waals surface area (Å²) in [5, 5.41) is 0. The lowest BCUT2D eigenvalue weighted by atomic mass is 9.75. The maximum Gasteiger partial charge on any atom is 0.416 e. The summed E-state index contributed by atoms with van der Waals surface area (Å²) in [6.07, 6.45) is -18.0. The highest BCUT2D eigenvalue weighted by molar-refractivity contribution is 5.74. The van der Waals surface area contributed by atoms with Crippen molar-refractivity contribution in [2.45, 2.75) is 37.5 Å². The van der Waals surface area contributed by atoms with E-state index in [1.165, 1.54) is 38.1 Å². The van der Waals surface area contributed by atoms with Crippen molar-refractivity contribution >= 4 is 5.57 Å². The molecule has 0 aliphatic heterocycles. The van der Waals surface area contributed by atoms with Crippen LogP contribution < -0.4 is 0 Å². The maximum absolute atomic E-state index is 13.4. The van der Waals surface area contributed by atoms with E-state index < -0.39 is 69.9 Å². The number of likely N-dealkylation sites (N-methyl/N-ethyl adjacent to an activating group) is 1. The molecule has 1 aliphatic rings. The summed E-state index contributed by atoms with van der Waals surface area (Å²) in [6, 6.07) is 1.81. The second-order valence-corrected chi connectivity index (χ2v) is 9.03. The summed E-state index contributed by atoms with van der Waals surface area (Å²) < 4.78 is 161. The molecule has 2 unspecified atom stereocenters. The molecule has 0 radical (unpaired) electrons. The molecule has 3 rings (SSSR count). The zero-order chi connectivity index (χ0) is 29.0. The van der Waals surface area contributed by atoms with Gasteiger partial charge in [0.05, 0.1) is 22.3 Å². The molecule has 208 valence electrons. The molecule has 0 fully saturated rings. The Hall–Kier alpha value is -3.12. The molecule has 0 heterocycles. The van der Waals surface area contributed by atoms with Crippen LogP contribution in [0.2, 0.25) is 0 Å². The van der Waals surface area contributed by atoms with E-state index in [1.807, 2.05) is 0 Å². The number of hydrogen-bond donors (Lipinski definition) is 0. The number of alkyl halides is 12. The van der Waals surface area contributed by atoms with Crippen molar-refractivity contribution in [1.29, 1.82) is 0 Å². The fourth-order valence-electron chi connectivity index (χ4n) is 4.16. The van der Waals surface area contributed by atoms with Crippen LogP contribution in [0.5, 0.6) is 0 Å². The number of nitrogens with zero attached hydrogens (tertiary/aromatic N) is 1. The first-order valence-electron chi connectivity index (χ1n) is 10.8. The number of hydrogen-bond acceptors (Lipinski definition) is 1. The van der Waals surface area contributed by atoms with Crippen molar-refractivity contribution in [3.8, 4) is 0 Å². The Balaban J connectivity index is 2.27. The fourth-order valence-corrected chi connectivity index (χ4v) is 4.16. The summed E-state index contributed by atoms with van der Waals surface area (Å²) in [4.78, 5) is 1.38. The van der Waals surface area contributed by atoms with E-state index in [0.29, 0.717) is 24.3 Å². The molecular weight excluding hydrogens is 542 g/mol. The average Bonchev–Trinajstić information content (AvgIpc) is 2.76. The molecule has 1 aliphatic carbocycles. The molecule has 0 amide bonds. The van der Waals surface area contributed by atoms with Crippen molar-refractivity contribution in [3.63, 3.8) is 0 Å². The van der Waals surface area contributed by atoms with E-state index in [4.69, 9.17) is 0 Å². The van der Waals surface area contributed by atoms with E-state index >= 15 is 0 Å². The number of allylic oxidation sites excluding steroid dienone is 3. The predicted octanol–water partition coefficient (Wildman–Crippen LogP) is 9.02. The van der Waals surface area contributed by atoms with Gasteiger partial charge < -0.3 is 4.90 Å². The van der Waals surface area contributed by atoms with Crippen LogP contribution in [0.4, 0.5) is 52.7 Å². The second-order valence-electron chi connectivity index (χ2n) is 9.03. The van der Waals surface area contributed by atoms with Crippen LogP contribution in [-0.4, -0.2) is 19.0 Å². The van der Waals surface area contributed by atoms with Crippen LogP contribution in [0.15, 0.2) is 54.2 Å². The summed E-state index contributed by atoms with van der Waals surface area (Å²) in [5.74, 6) is -2.35. The second kappa shape index (κ2) is 9.57. The lowest BCUT2D eigenvalue weighted by Gasteiger charge is -2.33. The highest BCUT2D eigenvalue weighted by atomic mass is 19.4. The van der Waals surface area contributed by atoms with Gasteiger partial charge in [0.25, 0.3) is 0 Å². The van der Waals surface area contributed by atoms with Crippen LogP contribution in [0.3, 0.4) is 0 Å². The third-order valence-electron chi connectivity index (χ3n) is 6.12. The molecule has 1 nitrogen and oxygen atoms in total. The normalized spacial score (nSPS) is 19.2. The summed E-state index contributed by atoms with van der Waals surface area (Å²) in [6.45, 7) is 1.31. The van der Waals surface area contributed by atoms with E-state index in [-0.39, 0.29) is 23.4 Å². The van der Waals surface area contributed by atoms with Crippen LogP contribution in [0, 0.1) is 5.92 Å². The first-order valence-corrected chi connectivity index (χ1v) is 10.8. The van der Waals surface area contributed by atoms with Crippen molar-refractivity contribution in [1.82, 2.24) is 4.90 Å². The highest BCUT2D eigenvalue weighted by Gasteiger charge is 2.40. The fraction of sp³-hybridized carbons (Fsp3) is 0.360. The molecular formula is C25H19F12N. The van der Waals surface area contributed by atoms with E-state index in [2.05, 4.69) is 0 Å². The van der Waals surface area contributed by atoms with Gasteiger partial charge in [0, 0.05) is 25.7 Å². The first kappa shape index (κ1) is 29.4. The van der Waals surface area contributed by atoms with E-state index in [9.17, 15) is 52.7 Å². The summed E-state index contributed by atoms with van der Waals surface area (Å²) in [5.41, 5.74) is -7.32. The summed E-state index contributed by atoms with van der Waals surface area (Å²) in [7, 11) is 2.90. The molecule has 0 aromatic heterocycles. The Morgan fingerprint density at radius 1 is 0.579 bits per heavy atom. The van der Waals surface area contributed by atoms with Gasteiger partial charge in [-0.25, -0.2) is 0 Å². The smallest absolute Gasteiger partial charge is 0.378 e. The number of halogens is 12. The molecule has 38 heavy (non-hydrogen) atoms. The van der Waals surface area contributed by atoms with Gasteiger partial charge in [-0.05, 0) is 65.1 Å². The molecule has 13 heteroatoms. The van der Waals surface area contributed by atoms with Gasteiger partial charge in [0.1, 0.15) is 0 Å². The van der Waals surface area contributed by atoms with Gasteiger partial charge in [-0.3, -0.25) is 0 Å². The van der Waals surface area contributed by atoms with Crippen molar-refractivity contribution in [3.05, 3.63) is 87.6 Å². The third kappa shape index (κ3) is 6.29. The van der Waals surface area contributed by atoms with Gasteiger partial charge in [-0.15, -0.1) is 0 Å². The Morgan fingerprint density at radius 2 is 0.947 bits per heavy atom. The molecule has 2 aromatic carbocycles. The quantitative estimate of drug-likeness (QED) is 0.338. The van der Waals surface area contributed by atoms with Crippen molar-refractivity contribution in [2.24, 2.45) is 5.92 Å². The van der Waals surface area contributed by atoms with E-state index in [0.717, 1.165) is 0 Å². The molecule has 0 saturated heterocycles. The number of benzene rings is 2. The lowest BCUT2D eigenvalue weighted by molar-refractivity contribution is -0.144. The van der Waals surface area contributed by atoms with Crippen molar-refractivity contribution < 1.29 is 52.7 Å². The number of rotatable bonds is 3. The molecule has 2 atom stereocenters. The topological polar surface area (TPSA) is 3.24 Å². The molecule has 0 spiro atoms. The van der Waals surface area contributed by atoms with Crippen LogP contribution in [0.1, 0.15) is 46.2 Å².